The van der Waals surface area contributed by atoms with E-state index < -0.39 is 12.0 Å². The number of fused-ring (bicyclic) bond motifs is 1. The molecule has 0 aliphatic carbocycles. The molecule has 0 atom stereocenters. The second kappa shape index (κ2) is 3.92. The first-order valence-electron chi connectivity index (χ1n) is 5.16. The normalized spacial score (nSPS) is 16.7. The van der Waals surface area contributed by atoms with Crippen LogP contribution in [0.5, 0.6) is 0 Å². The van der Waals surface area contributed by atoms with E-state index in [-0.39, 0.29) is 5.69 Å². The topological polar surface area (TPSA) is 34.9 Å². The van der Waals surface area contributed by atoms with Crippen molar-refractivity contribution < 1.29 is 18.0 Å². The van der Waals surface area contributed by atoms with E-state index in [2.05, 4.69) is 4.98 Å². The monoisotopic (exact) mass is 232 g/mol. The summed E-state index contributed by atoms with van der Waals surface area (Å²) in [5.41, 5.74) is -0.329. The molecule has 0 N–H and O–H groups in total. The van der Waals surface area contributed by atoms with Crippen molar-refractivity contribution in [2.45, 2.75) is 38.4 Å². The van der Waals surface area contributed by atoms with Crippen LogP contribution in [0.25, 0.3) is 0 Å². The average Bonchev–Trinajstić information content (AvgIpc) is 2.44. The third kappa shape index (κ3) is 1.96. The highest BCUT2D eigenvalue weighted by Gasteiger charge is 2.41. The van der Waals surface area contributed by atoms with Gasteiger partial charge < -0.3 is 4.57 Å². The smallest absolute Gasteiger partial charge is 0.325 e. The van der Waals surface area contributed by atoms with Gasteiger partial charge >= 0.3 is 6.18 Å². The Bertz CT molecular complexity index is 409. The lowest BCUT2D eigenvalue weighted by Gasteiger charge is -2.09. The lowest BCUT2D eigenvalue weighted by molar-refractivity contribution is -0.0890. The predicted octanol–water partition coefficient (Wildman–Crippen LogP) is 2.35. The number of carbonyl (C=O) groups excluding carboxylic acids is 1. The summed E-state index contributed by atoms with van der Waals surface area (Å²) < 4.78 is 38.3. The highest BCUT2D eigenvalue weighted by atomic mass is 19.4. The molecule has 0 aromatic carbocycles. The Kier molecular flexibility index (Phi) is 2.73. The zero-order chi connectivity index (χ0) is 11.8. The molecule has 1 aromatic heterocycles. The third-order valence-corrected chi connectivity index (χ3v) is 2.71. The lowest BCUT2D eigenvalue weighted by Crippen LogP contribution is -2.25. The minimum absolute atomic E-state index is 0.329. The van der Waals surface area contributed by atoms with Gasteiger partial charge in [-0.15, -0.1) is 0 Å². The van der Waals surface area contributed by atoms with Crippen molar-refractivity contribution in [1.29, 1.82) is 0 Å². The van der Waals surface area contributed by atoms with Crippen LogP contribution in [-0.4, -0.2) is 21.5 Å². The first kappa shape index (κ1) is 11.2. The molecular formula is C10H11F3N2O. The fraction of sp³-hybridized carbons (Fsp3) is 0.600. The second-order valence-corrected chi connectivity index (χ2v) is 3.85. The fourth-order valence-corrected chi connectivity index (χ4v) is 1.92. The van der Waals surface area contributed by atoms with Gasteiger partial charge in [0.25, 0.3) is 5.78 Å². The molecule has 0 bridgehead atoms. The van der Waals surface area contributed by atoms with E-state index in [9.17, 15) is 18.0 Å². The number of aromatic nitrogens is 2. The van der Waals surface area contributed by atoms with Gasteiger partial charge in [-0.2, -0.15) is 13.2 Å². The minimum Gasteiger partial charge on any atom is -0.325 e. The summed E-state index contributed by atoms with van der Waals surface area (Å²) in [7, 11) is 0. The van der Waals surface area contributed by atoms with E-state index in [1.807, 2.05) is 0 Å². The van der Waals surface area contributed by atoms with Crippen LogP contribution in [0, 0.1) is 0 Å². The van der Waals surface area contributed by atoms with Gasteiger partial charge in [0.1, 0.15) is 11.5 Å². The van der Waals surface area contributed by atoms with E-state index in [0.29, 0.717) is 18.8 Å². The molecule has 0 saturated carbocycles. The highest BCUT2D eigenvalue weighted by molar-refractivity contribution is 5.98. The molecule has 3 nitrogen and oxygen atoms in total. The Balaban J connectivity index is 2.36. The van der Waals surface area contributed by atoms with Crippen molar-refractivity contribution in [3.05, 3.63) is 17.7 Å². The molecule has 0 amide bonds. The number of alkyl halides is 3. The molecule has 6 heteroatoms. The first-order valence-corrected chi connectivity index (χ1v) is 5.16. The highest BCUT2D eigenvalue weighted by Crippen LogP contribution is 2.24. The van der Waals surface area contributed by atoms with Gasteiger partial charge in [-0.1, -0.05) is 6.42 Å². The van der Waals surface area contributed by atoms with Gasteiger partial charge in [-0.3, -0.25) is 4.79 Å². The molecule has 0 unspecified atom stereocenters. The minimum atomic E-state index is -4.82. The van der Waals surface area contributed by atoms with E-state index in [4.69, 9.17) is 0 Å². The van der Waals surface area contributed by atoms with Crippen LogP contribution in [0.4, 0.5) is 13.2 Å². The number of rotatable bonds is 1. The number of nitrogens with zero attached hydrogens (tertiary/aromatic N) is 2. The summed E-state index contributed by atoms with van der Waals surface area (Å²) in [6.07, 6.45) is -0.466. The molecule has 16 heavy (non-hydrogen) atoms. The van der Waals surface area contributed by atoms with Gasteiger partial charge in [0.15, 0.2) is 0 Å². The maximum atomic E-state index is 12.3. The van der Waals surface area contributed by atoms with E-state index in [1.54, 1.807) is 0 Å². The van der Waals surface area contributed by atoms with Crippen LogP contribution in [0.2, 0.25) is 0 Å². The van der Waals surface area contributed by atoms with E-state index >= 15 is 0 Å². The number of Topliss-reactive ketones (excluding diaryl/α,β-unsaturated/α-hetero) is 1. The fourth-order valence-electron chi connectivity index (χ4n) is 1.92. The van der Waals surface area contributed by atoms with Crippen molar-refractivity contribution in [2.24, 2.45) is 0 Å². The Hall–Kier alpha value is -1.33. The van der Waals surface area contributed by atoms with E-state index in [0.717, 1.165) is 25.5 Å². The standard InChI is InChI=1S/C10H11F3N2O/c11-10(12,13)9(16)7-6-14-8-4-2-1-3-5-15(7)8/h6H,1-5H2. The zero-order valence-electron chi connectivity index (χ0n) is 8.55. The summed E-state index contributed by atoms with van der Waals surface area (Å²) in [5.74, 6) is -1.21. The number of carbonyl (C=O) groups is 1. The maximum Gasteiger partial charge on any atom is 0.456 e. The summed E-state index contributed by atoms with van der Waals surface area (Å²) in [4.78, 5) is 15.0. The number of hydrogen-bond acceptors (Lipinski definition) is 2. The van der Waals surface area contributed by atoms with Crippen LogP contribution >= 0.6 is 0 Å². The van der Waals surface area contributed by atoms with Crippen LogP contribution in [0.3, 0.4) is 0 Å². The summed E-state index contributed by atoms with van der Waals surface area (Å²) in [5, 5.41) is 0. The van der Waals surface area contributed by atoms with Crippen molar-refractivity contribution in [3.63, 3.8) is 0 Å². The molecule has 0 fully saturated rings. The number of hydrogen-bond donors (Lipinski definition) is 0. The van der Waals surface area contributed by atoms with Gasteiger partial charge in [0.2, 0.25) is 0 Å². The SMILES string of the molecule is O=C(c1cnc2n1CCCCC2)C(F)(F)F. The molecule has 2 heterocycles. The first-order chi connectivity index (χ1) is 7.50. The molecule has 0 saturated heterocycles. The van der Waals surface area contributed by atoms with Crippen molar-refractivity contribution >= 4 is 5.78 Å². The lowest BCUT2D eigenvalue weighted by atomic mass is 10.2. The quantitative estimate of drug-likeness (QED) is 0.696. The molecule has 1 aliphatic heterocycles. The maximum absolute atomic E-state index is 12.3. The third-order valence-electron chi connectivity index (χ3n) is 2.71. The van der Waals surface area contributed by atoms with Gasteiger partial charge in [-0.25, -0.2) is 4.98 Å². The molecule has 88 valence electrons. The number of aryl methyl sites for hydroxylation is 1. The number of halogens is 3. The van der Waals surface area contributed by atoms with Crippen LogP contribution in [0.15, 0.2) is 6.20 Å². The summed E-state index contributed by atoms with van der Waals surface area (Å²) in [6, 6.07) is 0. The van der Waals surface area contributed by atoms with Gasteiger partial charge in [0, 0.05) is 13.0 Å². The van der Waals surface area contributed by atoms with Crippen LogP contribution < -0.4 is 0 Å². The summed E-state index contributed by atoms with van der Waals surface area (Å²) >= 11 is 0. The van der Waals surface area contributed by atoms with Crippen molar-refractivity contribution in [2.75, 3.05) is 0 Å². The Morgan fingerprint density at radius 2 is 2.06 bits per heavy atom. The van der Waals surface area contributed by atoms with Crippen molar-refractivity contribution in [3.8, 4) is 0 Å². The van der Waals surface area contributed by atoms with Gasteiger partial charge in [-0.05, 0) is 12.8 Å². The molecule has 0 spiro atoms. The second-order valence-electron chi connectivity index (χ2n) is 3.85. The Labute approximate surface area is 90.3 Å². The molecule has 1 aromatic rings. The number of imidazole rings is 1. The molecule has 2 rings (SSSR count). The summed E-state index contributed by atoms with van der Waals surface area (Å²) in [6.45, 7) is 0.451. The predicted molar refractivity (Wildman–Crippen MR) is 50.2 cm³/mol. The Morgan fingerprint density at radius 3 is 2.75 bits per heavy atom. The van der Waals surface area contributed by atoms with Crippen molar-refractivity contribution in [1.82, 2.24) is 9.55 Å². The van der Waals surface area contributed by atoms with Crippen LogP contribution in [-0.2, 0) is 13.0 Å². The average molecular weight is 232 g/mol. The molecular weight excluding hydrogens is 221 g/mol. The molecule has 0 radical (unpaired) electrons. The largest absolute Gasteiger partial charge is 0.456 e. The van der Waals surface area contributed by atoms with Crippen LogP contribution in [0.1, 0.15) is 35.6 Å². The van der Waals surface area contributed by atoms with Gasteiger partial charge in [0.05, 0.1) is 6.20 Å². The molecule has 1 aliphatic rings. The zero-order valence-corrected chi connectivity index (χ0v) is 8.55. The Morgan fingerprint density at radius 1 is 1.31 bits per heavy atom. The van der Waals surface area contributed by atoms with E-state index in [1.165, 1.54) is 4.57 Å². The number of ketones is 1.